The van der Waals surface area contributed by atoms with Crippen molar-refractivity contribution in [2.45, 2.75) is 32.7 Å². The lowest BCUT2D eigenvalue weighted by Crippen LogP contribution is -2.22. The summed E-state index contributed by atoms with van der Waals surface area (Å²) < 4.78 is 0. The molecule has 0 spiro atoms. The van der Waals surface area contributed by atoms with Crippen molar-refractivity contribution < 1.29 is 9.90 Å². The number of hydrazone groups is 1. The van der Waals surface area contributed by atoms with Crippen LogP contribution in [-0.2, 0) is 4.79 Å². The molecule has 0 radical (unpaired) electrons. The molecule has 0 aliphatic carbocycles. The molecule has 0 aromatic carbocycles. The lowest BCUT2D eigenvalue weighted by molar-refractivity contribution is -0.139. The van der Waals surface area contributed by atoms with Crippen LogP contribution >= 0.6 is 0 Å². The van der Waals surface area contributed by atoms with E-state index in [0.717, 1.165) is 12.1 Å². The van der Waals surface area contributed by atoms with Crippen LogP contribution in [-0.4, -0.2) is 22.8 Å². The molecule has 1 aliphatic heterocycles. The molecular formula is C8H14N2O2. The van der Waals surface area contributed by atoms with Crippen LogP contribution in [0.25, 0.3) is 0 Å². The number of aliphatic carboxylic acids is 1. The summed E-state index contributed by atoms with van der Waals surface area (Å²) >= 11 is 0. The highest BCUT2D eigenvalue weighted by molar-refractivity contribution is 6.02. The summed E-state index contributed by atoms with van der Waals surface area (Å²) in [6.07, 6.45) is 1.37. The Morgan fingerprint density at radius 3 is 2.92 bits per heavy atom. The SMILES string of the molecule is CCC(C(=O)O)C1=NNC(C)C1. The number of carboxylic acid groups (broad SMARTS) is 1. The minimum atomic E-state index is -0.771. The van der Waals surface area contributed by atoms with Gasteiger partial charge in [-0.15, -0.1) is 0 Å². The smallest absolute Gasteiger partial charge is 0.312 e. The Kier molecular flexibility index (Phi) is 2.68. The molecule has 68 valence electrons. The van der Waals surface area contributed by atoms with Crippen LogP contribution in [0.4, 0.5) is 0 Å². The first-order valence-corrected chi connectivity index (χ1v) is 4.20. The predicted octanol–water partition coefficient (Wildman–Crippen LogP) is 0.835. The molecular weight excluding hydrogens is 156 g/mol. The standard InChI is InChI=1S/C8H14N2O2/c1-3-6(8(11)12)7-4-5(2)9-10-7/h5-6,9H,3-4H2,1-2H3,(H,11,12). The molecule has 1 rings (SSSR count). The molecule has 2 atom stereocenters. The Labute approximate surface area is 71.7 Å². The van der Waals surface area contributed by atoms with Gasteiger partial charge in [-0.05, 0) is 13.3 Å². The fraction of sp³-hybridized carbons (Fsp3) is 0.750. The van der Waals surface area contributed by atoms with E-state index in [2.05, 4.69) is 10.5 Å². The quantitative estimate of drug-likeness (QED) is 0.659. The van der Waals surface area contributed by atoms with E-state index in [1.54, 1.807) is 0 Å². The van der Waals surface area contributed by atoms with Gasteiger partial charge in [0.15, 0.2) is 0 Å². The molecule has 0 aromatic rings. The molecule has 4 heteroatoms. The highest BCUT2D eigenvalue weighted by Crippen LogP contribution is 2.14. The van der Waals surface area contributed by atoms with Crippen molar-refractivity contribution in [3.63, 3.8) is 0 Å². The molecule has 0 aromatic heterocycles. The topological polar surface area (TPSA) is 61.7 Å². The van der Waals surface area contributed by atoms with Crippen molar-refractivity contribution in [2.24, 2.45) is 11.0 Å². The maximum atomic E-state index is 10.7. The monoisotopic (exact) mass is 170 g/mol. The lowest BCUT2D eigenvalue weighted by Gasteiger charge is -2.07. The first-order valence-electron chi connectivity index (χ1n) is 4.20. The van der Waals surface area contributed by atoms with Crippen LogP contribution in [0.3, 0.4) is 0 Å². The van der Waals surface area contributed by atoms with Gasteiger partial charge in [-0.1, -0.05) is 6.92 Å². The van der Waals surface area contributed by atoms with E-state index in [1.807, 2.05) is 13.8 Å². The molecule has 2 unspecified atom stereocenters. The second-order valence-corrected chi connectivity index (χ2v) is 3.14. The number of rotatable bonds is 3. The summed E-state index contributed by atoms with van der Waals surface area (Å²) in [5, 5.41) is 12.8. The normalized spacial score (nSPS) is 24.5. The van der Waals surface area contributed by atoms with Crippen LogP contribution in [0.5, 0.6) is 0 Å². The van der Waals surface area contributed by atoms with Gasteiger partial charge in [0.05, 0.1) is 11.6 Å². The minimum Gasteiger partial charge on any atom is -0.481 e. The maximum absolute atomic E-state index is 10.7. The summed E-state index contributed by atoms with van der Waals surface area (Å²) in [7, 11) is 0. The van der Waals surface area contributed by atoms with Crippen LogP contribution in [0.2, 0.25) is 0 Å². The minimum absolute atomic E-state index is 0.286. The van der Waals surface area contributed by atoms with Crippen LogP contribution in [0, 0.1) is 5.92 Å². The maximum Gasteiger partial charge on any atom is 0.312 e. The van der Waals surface area contributed by atoms with E-state index in [0.29, 0.717) is 6.42 Å². The molecule has 0 amide bonds. The second-order valence-electron chi connectivity index (χ2n) is 3.14. The molecule has 0 saturated heterocycles. The van der Waals surface area contributed by atoms with Gasteiger partial charge in [0.1, 0.15) is 0 Å². The van der Waals surface area contributed by atoms with Crippen LogP contribution in [0.1, 0.15) is 26.7 Å². The molecule has 12 heavy (non-hydrogen) atoms. The number of hydrogen-bond acceptors (Lipinski definition) is 3. The Hall–Kier alpha value is -1.06. The highest BCUT2D eigenvalue weighted by atomic mass is 16.4. The van der Waals surface area contributed by atoms with Crippen LogP contribution in [0.15, 0.2) is 5.10 Å². The molecule has 4 nitrogen and oxygen atoms in total. The van der Waals surface area contributed by atoms with Crippen LogP contribution < -0.4 is 5.43 Å². The molecule has 0 bridgehead atoms. The van der Waals surface area contributed by atoms with E-state index in [9.17, 15) is 4.79 Å². The fourth-order valence-corrected chi connectivity index (χ4v) is 1.37. The van der Waals surface area contributed by atoms with E-state index < -0.39 is 11.9 Å². The van der Waals surface area contributed by atoms with Crippen molar-refractivity contribution in [3.8, 4) is 0 Å². The Balaban J connectivity index is 2.62. The number of hydrogen-bond donors (Lipinski definition) is 2. The average molecular weight is 170 g/mol. The van der Waals surface area contributed by atoms with Gasteiger partial charge < -0.3 is 10.5 Å². The van der Waals surface area contributed by atoms with Crippen molar-refractivity contribution in [1.82, 2.24) is 5.43 Å². The molecule has 2 N–H and O–H groups in total. The number of carboxylic acids is 1. The van der Waals surface area contributed by atoms with E-state index in [4.69, 9.17) is 5.11 Å². The Morgan fingerprint density at radius 1 is 1.92 bits per heavy atom. The van der Waals surface area contributed by atoms with E-state index >= 15 is 0 Å². The number of carbonyl (C=O) groups is 1. The molecule has 1 aliphatic rings. The van der Waals surface area contributed by atoms with Gasteiger partial charge in [-0.2, -0.15) is 5.10 Å². The summed E-state index contributed by atoms with van der Waals surface area (Å²) in [6, 6.07) is 0.286. The third kappa shape index (κ3) is 1.75. The van der Waals surface area contributed by atoms with Crippen molar-refractivity contribution in [1.29, 1.82) is 0 Å². The zero-order valence-electron chi connectivity index (χ0n) is 7.37. The third-order valence-corrected chi connectivity index (χ3v) is 2.05. The Bertz CT molecular complexity index is 213. The second kappa shape index (κ2) is 3.56. The first-order chi connectivity index (χ1) is 5.65. The number of nitrogens with one attached hydrogen (secondary N) is 1. The lowest BCUT2D eigenvalue weighted by atomic mass is 9.97. The Morgan fingerprint density at radius 2 is 2.58 bits per heavy atom. The van der Waals surface area contributed by atoms with E-state index in [-0.39, 0.29) is 6.04 Å². The van der Waals surface area contributed by atoms with Crippen molar-refractivity contribution >= 4 is 11.7 Å². The summed E-state index contributed by atoms with van der Waals surface area (Å²) in [4.78, 5) is 10.7. The highest BCUT2D eigenvalue weighted by Gasteiger charge is 2.26. The van der Waals surface area contributed by atoms with Gasteiger partial charge in [-0.3, -0.25) is 4.79 Å². The van der Waals surface area contributed by atoms with Crippen molar-refractivity contribution in [2.75, 3.05) is 0 Å². The number of nitrogens with zero attached hydrogens (tertiary/aromatic N) is 1. The third-order valence-electron chi connectivity index (χ3n) is 2.05. The van der Waals surface area contributed by atoms with Gasteiger partial charge >= 0.3 is 5.97 Å². The average Bonchev–Trinajstić information content (AvgIpc) is 2.37. The van der Waals surface area contributed by atoms with Gasteiger partial charge in [-0.25, -0.2) is 0 Å². The van der Waals surface area contributed by atoms with Crippen molar-refractivity contribution in [3.05, 3.63) is 0 Å². The van der Waals surface area contributed by atoms with Gasteiger partial charge in [0, 0.05) is 12.5 Å². The first kappa shape index (κ1) is 9.03. The molecule has 0 fully saturated rings. The van der Waals surface area contributed by atoms with Gasteiger partial charge in [0.25, 0.3) is 0 Å². The summed E-state index contributed by atoms with van der Waals surface area (Å²) in [5.41, 5.74) is 3.64. The zero-order chi connectivity index (χ0) is 9.14. The largest absolute Gasteiger partial charge is 0.481 e. The predicted molar refractivity (Wildman–Crippen MR) is 46.1 cm³/mol. The van der Waals surface area contributed by atoms with E-state index in [1.165, 1.54) is 0 Å². The fourth-order valence-electron chi connectivity index (χ4n) is 1.37. The molecule has 0 saturated carbocycles. The summed E-state index contributed by atoms with van der Waals surface area (Å²) in [5.74, 6) is -1.17. The van der Waals surface area contributed by atoms with Gasteiger partial charge in [0.2, 0.25) is 0 Å². The zero-order valence-corrected chi connectivity index (χ0v) is 7.37. The molecule has 1 heterocycles. The summed E-state index contributed by atoms with van der Waals surface area (Å²) in [6.45, 7) is 3.86.